The number of aliphatic hydroxyl groups excluding tert-OH is 1. The molecule has 22 heteroatoms. The minimum atomic E-state index is -4.34. The number of hydrogen-bond donors (Lipinski definition) is 4. The van der Waals surface area contributed by atoms with Crippen LogP contribution in [0.5, 0.6) is 0 Å². The molecule has 4 aromatic rings. The largest absolute Gasteiger partial charge is 0.387 e. The van der Waals surface area contributed by atoms with E-state index in [4.69, 9.17) is 45.1 Å². The van der Waals surface area contributed by atoms with E-state index in [1.54, 1.807) is 12.1 Å². The molecular formula is C24H25FN8O9P2S2. The number of alkyl halides is 1. The van der Waals surface area contributed by atoms with Gasteiger partial charge < -0.3 is 29.7 Å². The fourth-order valence-corrected chi connectivity index (χ4v) is 10.4. The van der Waals surface area contributed by atoms with Crippen molar-refractivity contribution in [3.05, 3.63) is 36.4 Å². The van der Waals surface area contributed by atoms with Crippen molar-refractivity contribution < 1.29 is 46.5 Å². The van der Waals surface area contributed by atoms with Gasteiger partial charge >= 0.3 is 13.5 Å². The number of aryl methyl sites for hydroxylation is 1. The molecule has 2 aliphatic carbocycles. The quantitative estimate of drug-likeness (QED) is 0.173. The molecule has 3 aromatic heterocycles. The Hall–Kier alpha value is -2.19. The molecule has 4 N–H and O–H groups in total. The molecule has 5 fully saturated rings. The lowest BCUT2D eigenvalue weighted by Crippen LogP contribution is -2.36. The van der Waals surface area contributed by atoms with Crippen LogP contribution in [0, 0.1) is 6.92 Å². The van der Waals surface area contributed by atoms with Gasteiger partial charge in [0.1, 0.15) is 59.1 Å². The smallest absolute Gasteiger partial charge is 0.387 e. The van der Waals surface area contributed by atoms with Gasteiger partial charge in [-0.25, -0.2) is 28.6 Å². The van der Waals surface area contributed by atoms with E-state index < -0.39 is 73.9 Å². The van der Waals surface area contributed by atoms with Crippen LogP contribution in [0.4, 0.5) is 10.2 Å². The number of benzene rings is 1. The molecule has 2 bridgehead atoms. The molecule has 1 aromatic carbocycles. The van der Waals surface area contributed by atoms with Crippen molar-refractivity contribution in [3.8, 4) is 0 Å². The average molecular weight is 715 g/mol. The monoisotopic (exact) mass is 714 g/mol. The van der Waals surface area contributed by atoms with Gasteiger partial charge in [-0.3, -0.25) is 18.1 Å². The van der Waals surface area contributed by atoms with Crippen molar-refractivity contribution in [2.75, 3.05) is 5.73 Å². The molecule has 3 aliphatic heterocycles. The first-order chi connectivity index (χ1) is 21.8. The van der Waals surface area contributed by atoms with Gasteiger partial charge in [-0.05, 0) is 30.4 Å². The van der Waals surface area contributed by atoms with Crippen molar-refractivity contribution in [2.24, 2.45) is 0 Å². The first-order valence-corrected chi connectivity index (χ1v) is 19.4. The first-order valence-electron chi connectivity index (χ1n) is 14.1. The van der Waals surface area contributed by atoms with Crippen LogP contribution in [0.3, 0.4) is 0 Å². The van der Waals surface area contributed by atoms with Gasteiger partial charge in [-0.1, -0.05) is 29.6 Å². The van der Waals surface area contributed by atoms with Crippen LogP contribution < -0.4 is 5.73 Å². The van der Waals surface area contributed by atoms with Gasteiger partial charge in [-0.2, -0.15) is 0 Å². The van der Waals surface area contributed by atoms with Crippen LogP contribution in [-0.4, -0.2) is 92.4 Å². The Kier molecular flexibility index (Phi) is 6.31. The van der Waals surface area contributed by atoms with Crippen LogP contribution in [0.2, 0.25) is 0 Å². The van der Waals surface area contributed by atoms with Gasteiger partial charge in [0.25, 0.3) is 0 Å². The SMILES string of the molecule is Cc1cccc2c1nnn2[C@@H]1OC23C[C@@H]2OP(O)(=S)O[C@H]2[C@@H](F)[C@H](n4cnc5c(N)ncnc54)OC24CC4OP(=O)(S)O[C@@H]1[C@@H]3O. The molecule has 0 amide bonds. The minimum Gasteiger partial charge on any atom is -0.387 e. The van der Waals surface area contributed by atoms with E-state index in [0.717, 1.165) is 5.56 Å². The van der Waals surface area contributed by atoms with Crippen molar-refractivity contribution in [1.82, 2.24) is 34.5 Å². The van der Waals surface area contributed by atoms with Crippen molar-refractivity contribution in [1.29, 1.82) is 0 Å². The topological polar surface area (TPSA) is 213 Å². The second kappa shape index (κ2) is 9.71. The van der Waals surface area contributed by atoms with Crippen LogP contribution >= 0.6 is 25.8 Å². The Labute approximate surface area is 268 Å². The molecule has 5 aliphatic rings. The standard InChI is InChI=1S/C24H25FN8O9P2S2/c1-9-3-2-4-10-14(9)30-31-33(10)22-16-17(34)23(38-22)5-11(23)39-44(36,46)42-18-13(25)21(32-8-29-15-19(26)27-7-28-20(15)32)37-24(18)6-12(24)40-43(35,45)41-16/h2-4,7-8,11-13,16-18,21-22,34H,5-6H2,1H3,(H,35,45)(H,36,46)(H2,26,27,28)/t11-,12?,13+,16+,17-,18-,21+,22+,23?,24?,43?,44?/m0/s1. The summed E-state index contributed by atoms with van der Waals surface area (Å²) in [4.78, 5) is 23.5. The Bertz CT molecular complexity index is 2040. The third-order valence-electron chi connectivity index (χ3n) is 9.22. The van der Waals surface area contributed by atoms with Crippen molar-refractivity contribution >= 4 is 65.6 Å². The average Bonchev–Trinajstić information content (AvgIpc) is 3.53. The predicted molar refractivity (Wildman–Crippen MR) is 160 cm³/mol. The van der Waals surface area contributed by atoms with Crippen molar-refractivity contribution in [3.63, 3.8) is 0 Å². The summed E-state index contributed by atoms with van der Waals surface area (Å²) in [5.41, 5.74) is 5.28. The summed E-state index contributed by atoms with van der Waals surface area (Å²) in [6.45, 7) is -6.72. The molecule has 5 unspecified atom stereocenters. The number of nitrogens with two attached hydrogens (primary N) is 1. The lowest BCUT2D eigenvalue weighted by molar-refractivity contribution is -0.0730. The molecule has 12 atom stereocenters. The maximum absolute atomic E-state index is 16.4. The van der Waals surface area contributed by atoms with E-state index >= 15 is 4.39 Å². The number of thiol groups is 1. The molecular weight excluding hydrogens is 689 g/mol. The third-order valence-corrected chi connectivity index (χ3v) is 12.4. The lowest BCUT2D eigenvalue weighted by Gasteiger charge is -2.26. The summed E-state index contributed by atoms with van der Waals surface area (Å²) < 4.78 is 68.9. The molecule has 244 valence electrons. The number of hydrogen-bond acceptors (Lipinski definition) is 15. The maximum atomic E-state index is 16.4. The summed E-state index contributed by atoms with van der Waals surface area (Å²) in [5.74, 6) is 0.0823. The summed E-state index contributed by atoms with van der Waals surface area (Å²) in [6, 6.07) is 5.43. The normalized spacial score (nSPS) is 45.0. The van der Waals surface area contributed by atoms with E-state index in [2.05, 4.69) is 37.5 Å². The number of nitrogen functional groups attached to an aromatic ring is 1. The highest BCUT2D eigenvalue weighted by Crippen LogP contribution is 2.70. The molecule has 9 rings (SSSR count). The number of imidazole rings is 1. The number of halogens is 1. The zero-order valence-electron chi connectivity index (χ0n) is 23.5. The number of fused-ring (bicyclic) bond motifs is 3. The Morgan fingerprint density at radius 1 is 1.09 bits per heavy atom. The fourth-order valence-electron chi connectivity index (χ4n) is 6.81. The second-order valence-corrected chi connectivity index (χ2v) is 17.6. The molecule has 2 spiro atoms. The number of anilines is 1. The zero-order valence-corrected chi connectivity index (χ0v) is 27.0. The summed E-state index contributed by atoms with van der Waals surface area (Å²) in [6.07, 6.45) is -8.44. The van der Waals surface area contributed by atoms with Crippen molar-refractivity contribution in [2.45, 2.75) is 80.1 Å². The van der Waals surface area contributed by atoms with Crippen LogP contribution in [-0.2, 0) is 43.9 Å². The molecule has 6 heterocycles. The van der Waals surface area contributed by atoms with Gasteiger partial charge in [0.15, 0.2) is 30.1 Å². The van der Waals surface area contributed by atoms with E-state index in [9.17, 15) is 14.6 Å². The highest BCUT2D eigenvalue weighted by atomic mass is 32.7. The summed E-state index contributed by atoms with van der Waals surface area (Å²) in [7, 11) is 0. The van der Waals surface area contributed by atoms with E-state index in [0.29, 0.717) is 11.0 Å². The van der Waals surface area contributed by atoms with E-state index in [1.807, 2.05) is 13.0 Å². The molecule has 46 heavy (non-hydrogen) atoms. The number of rotatable bonds is 2. The van der Waals surface area contributed by atoms with Gasteiger partial charge in [0.05, 0.1) is 11.8 Å². The highest BCUT2D eigenvalue weighted by Gasteiger charge is 2.76. The number of aromatic nitrogens is 7. The molecule has 2 saturated carbocycles. The van der Waals surface area contributed by atoms with Gasteiger partial charge in [-0.15, -0.1) is 5.10 Å². The molecule has 17 nitrogen and oxygen atoms in total. The first kappa shape index (κ1) is 29.9. The minimum absolute atomic E-state index is 0.0327. The third kappa shape index (κ3) is 4.26. The molecule has 3 saturated heterocycles. The Balaban J connectivity index is 1.09. The van der Waals surface area contributed by atoms with Gasteiger partial charge in [0, 0.05) is 12.8 Å². The van der Waals surface area contributed by atoms with E-state index in [-0.39, 0.29) is 29.8 Å². The molecule has 0 radical (unpaired) electrons. The fraction of sp³-hybridized carbons (Fsp3) is 0.542. The Morgan fingerprint density at radius 2 is 1.85 bits per heavy atom. The highest BCUT2D eigenvalue weighted by molar-refractivity contribution is 8.44. The summed E-state index contributed by atoms with van der Waals surface area (Å²) in [5, 5.41) is 20.0. The van der Waals surface area contributed by atoms with Crippen LogP contribution in [0.25, 0.3) is 22.2 Å². The van der Waals surface area contributed by atoms with E-state index in [1.165, 1.54) is 21.9 Å². The number of aliphatic hydroxyl groups is 1. The Morgan fingerprint density at radius 3 is 2.67 bits per heavy atom. The van der Waals surface area contributed by atoms with Gasteiger partial charge in [0.2, 0.25) is 0 Å². The lowest BCUT2D eigenvalue weighted by atomic mass is 10.1. The second-order valence-electron chi connectivity index (χ2n) is 12.0. The maximum Gasteiger partial charge on any atom is 0.387 e. The number of ether oxygens (including phenoxy) is 2. The van der Waals surface area contributed by atoms with Crippen LogP contribution in [0.15, 0.2) is 30.9 Å². The predicted octanol–water partition coefficient (Wildman–Crippen LogP) is 2.01. The zero-order chi connectivity index (χ0) is 32.0. The van der Waals surface area contributed by atoms with Crippen LogP contribution in [0.1, 0.15) is 30.9 Å². The summed E-state index contributed by atoms with van der Waals surface area (Å²) >= 11 is 9.59. The number of nitrogens with zero attached hydrogens (tertiary/aromatic N) is 7.